The van der Waals surface area contributed by atoms with Gasteiger partial charge in [-0.15, -0.1) is 0 Å². The minimum atomic E-state index is -1.82. The summed E-state index contributed by atoms with van der Waals surface area (Å²) in [6.45, 7) is 3.08. The summed E-state index contributed by atoms with van der Waals surface area (Å²) in [7, 11) is 0. The third-order valence-corrected chi connectivity index (χ3v) is 5.02. The van der Waals surface area contributed by atoms with Gasteiger partial charge >= 0.3 is 0 Å². The predicted molar refractivity (Wildman–Crippen MR) is 102 cm³/mol. The number of hydrogen-bond acceptors (Lipinski definition) is 5. The molecule has 4 rings (SSSR count). The van der Waals surface area contributed by atoms with Crippen LogP contribution in [0, 0.1) is 0 Å². The molecule has 3 aromatic rings. The minimum absolute atomic E-state index is 0.145. The molecule has 2 heterocycles. The van der Waals surface area contributed by atoms with E-state index in [4.69, 9.17) is 14.3 Å². The molecule has 0 saturated carbocycles. The highest BCUT2D eigenvalue weighted by molar-refractivity contribution is 7.78. The number of anilines is 1. The lowest BCUT2D eigenvalue weighted by atomic mass is 10.0. The maximum Gasteiger partial charge on any atom is 0.157 e. The molecule has 1 N–H and O–H groups in total. The van der Waals surface area contributed by atoms with Gasteiger partial charge in [-0.2, -0.15) is 0 Å². The Morgan fingerprint density at radius 2 is 1.77 bits per heavy atom. The molecule has 0 amide bonds. The van der Waals surface area contributed by atoms with E-state index in [9.17, 15) is 4.21 Å². The Balaban J connectivity index is 1.64. The van der Waals surface area contributed by atoms with Crippen molar-refractivity contribution in [3.8, 4) is 11.1 Å². The molecule has 1 aliphatic rings. The van der Waals surface area contributed by atoms with Crippen LogP contribution in [0.1, 0.15) is 5.56 Å². The van der Waals surface area contributed by atoms with E-state index in [-0.39, 0.29) is 5.75 Å². The SMILES string of the molecule is O=S(O)Cc1ccc(-c2ccc3ncc(N4CCOCC4)nc3c2)cc1. The summed E-state index contributed by atoms with van der Waals surface area (Å²) in [4.78, 5) is 11.5. The molecule has 1 aliphatic heterocycles. The van der Waals surface area contributed by atoms with Crippen LogP contribution in [0.5, 0.6) is 0 Å². The highest BCUT2D eigenvalue weighted by Gasteiger charge is 2.13. The highest BCUT2D eigenvalue weighted by Crippen LogP contribution is 2.25. The van der Waals surface area contributed by atoms with Gasteiger partial charge in [-0.05, 0) is 28.8 Å². The molecular weight excluding hydrogens is 350 g/mol. The Kier molecular flexibility index (Phi) is 4.92. The standard InChI is InChI=1S/C19H19N3O3S/c23-26(24)13-14-1-3-15(4-2-14)16-5-6-17-18(11-16)21-19(12-20-17)22-7-9-25-10-8-22/h1-6,11-12H,7-10,13H2,(H,23,24). The van der Waals surface area contributed by atoms with Gasteiger partial charge < -0.3 is 14.2 Å². The van der Waals surface area contributed by atoms with Crippen molar-refractivity contribution >= 4 is 27.9 Å². The second kappa shape index (κ2) is 7.49. The number of morpholine rings is 1. The van der Waals surface area contributed by atoms with Crippen molar-refractivity contribution in [1.82, 2.24) is 9.97 Å². The van der Waals surface area contributed by atoms with Crippen LogP contribution in [0.2, 0.25) is 0 Å². The van der Waals surface area contributed by atoms with E-state index in [0.717, 1.165) is 46.6 Å². The van der Waals surface area contributed by atoms with Crippen molar-refractivity contribution in [1.29, 1.82) is 0 Å². The molecular formula is C19H19N3O3S. The molecule has 1 unspecified atom stereocenters. The molecule has 1 saturated heterocycles. The lowest BCUT2D eigenvalue weighted by Gasteiger charge is -2.27. The quantitative estimate of drug-likeness (QED) is 0.713. The second-order valence-electron chi connectivity index (χ2n) is 6.19. The molecule has 26 heavy (non-hydrogen) atoms. The van der Waals surface area contributed by atoms with Gasteiger partial charge in [-0.1, -0.05) is 30.3 Å². The summed E-state index contributed by atoms with van der Waals surface area (Å²) in [5, 5.41) is 0. The summed E-state index contributed by atoms with van der Waals surface area (Å²) in [5.41, 5.74) is 4.63. The van der Waals surface area contributed by atoms with Gasteiger partial charge in [-0.25, -0.2) is 9.19 Å². The number of fused-ring (bicyclic) bond motifs is 1. The fraction of sp³-hybridized carbons (Fsp3) is 0.263. The van der Waals surface area contributed by atoms with Crippen molar-refractivity contribution in [3.05, 3.63) is 54.2 Å². The molecule has 1 atom stereocenters. The second-order valence-corrected chi connectivity index (χ2v) is 7.13. The third kappa shape index (κ3) is 3.75. The van der Waals surface area contributed by atoms with E-state index in [1.165, 1.54) is 0 Å². The van der Waals surface area contributed by atoms with Gasteiger partial charge in [0.2, 0.25) is 0 Å². The van der Waals surface area contributed by atoms with E-state index in [2.05, 4.69) is 9.88 Å². The number of hydrogen-bond donors (Lipinski definition) is 1. The summed E-state index contributed by atoms with van der Waals surface area (Å²) in [5.74, 6) is 1.02. The monoisotopic (exact) mass is 369 g/mol. The zero-order valence-corrected chi connectivity index (χ0v) is 15.0. The first-order chi connectivity index (χ1) is 12.7. The smallest absolute Gasteiger partial charge is 0.157 e. The Morgan fingerprint density at radius 1 is 1.04 bits per heavy atom. The topological polar surface area (TPSA) is 75.5 Å². The van der Waals surface area contributed by atoms with Crippen LogP contribution in [0.15, 0.2) is 48.7 Å². The lowest BCUT2D eigenvalue weighted by molar-refractivity contribution is 0.122. The normalized spacial score (nSPS) is 16.0. The van der Waals surface area contributed by atoms with E-state index in [1.54, 1.807) is 0 Å². The van der Waals surface area contributed by atoms with E-state index >= 15 is 0 Å². The van der Waals surface area contributed by atoms with Gasteiger partial charge in [0.15, 0.2) is 11.1 Å². The minimum Gasteiger partial charge on any atom is -0.378 e. The first-order valence-electron chi connectivity index (χ1n) is 8.45. The van der Waals surface area contributed by atoms with Crippen LogP contribution >= 0.6 is 0 Å². The highest BCUT2D eigenvalue weighted by atomic mass is 32.2. The number of rotatable bonds is 4. The predicted octanol–water partition coefficient (Wildman–Crippen LogP) is 2.86. The summed E-state index contributed by atoms with van der Waals surface area (Å²) in [6, 6.07) is 13.7. The number of nitrogens with zero attached hydrogens (tertiary/aromatic N) is 3. The van der Waals surface area contributed by atoms with Crippen molar-refractivity contribution in [2.45, 2.75) is 5.75 Å². The molecule has 7 heteroatoms. The fourth-order valence-corrected chi connectivity index (χ4v) is 3.54. The van der Waals surface area contributed by atoms with Crippen LogP contribution in [-0.2, 0) is 21.6 Å². The molecule has 0 aliphatic carbocycles. The van der Waals surface area contributed by atoms with Crippen molar-refractivity contribution in [2.75, 3.05) is 31.2 Å². The average molecular weight is 369 g/mol. The Labute approximate surface area is 154 Å². The van der Waals surface area contributed by atoms with Crippen LogP contribution in [0.4, 0.5) is 5.82 Å². The number of benzene rings is 2. The Morgan fingerprint density at radius 3 is 2.50 bits per heavy atom. The zero-order valence-electron chi connectivity index (χ0n) is 14.2. The molecule has 1 aromatic heterocycles. The van der Waals surface area contributed by atoms with Crippen molar-refractivity contribution < 1.29 is 13.5 Å². The number of aromatic nitrogens is 2. The first-order valence-corrected chi connectivity index (χ1v) is 9.73. The van der Waals surface area contributed by atoms with Crippen molar-refractivity contribution in [3.63, 3.8) is 0 Å². The Bertz CT molecular complexity index is 940. The molecule has 6 nitrogen and oxygen atoms in total. The third-order valence-electron chi connectivity index (χ3n) is 4.44. The van der Waals surface area contributed by atoms with Crippen LogP contribution < -0.4 is 4.90 Å². The van der Waals surface area contributed by atoms with Crippen molar-refractivity contribution in [2.24, 2.45) is 0 Å². The molecule has 1 fully saturated rings. The van der Waals surface area contributed by atoms with E-state index < -0.39 is 11.1 Å². The summed E-state index contributed by atoms with van der Waals surface area (Å²) in [6.07, 6.45) is 1.82. The van der Waals surface area contributed by atoms with Gasteiger partial charge in [0, 0.05) is 13.1 Å². The van der Waals surface area contributed by atoms with Gasteiger partial charge in [0.1, 0.15) is 5.82 Å². The average Bonchev–Trinajstić information content (AvgIpc) is 2.68. The summed E-state index contributed by atoms with van der Waals surface area (Å²) < 4.78 is 25.3. The van der Waals surface area contributed by atoms with E-state index in [0.29, 0.717) is 13.2 Å². The lowest BCUT2D eigenvalue weighted by Crippen LogP contribution is -2.36. The fourth-order valence-electron chi connectivity index (χ4n) is 3.06. The van der Waals surface area contributed by atoms with Gasteiger partial charge in [0.05, 0.1) is 36.2 Å². The molecule has 0 bridgehead atoms. The number of ether oxygens (including phenoxy) is 1. The van der Waals surface area contributed by atoms with Gasteiger partial charge in [-0.3, -0.25) is 4.98 Å². The molecule has 0 spiro atoms. The van der Waals surface area contributed by atoms with Gasteiger partial charge in [0.25, 0.3) is 0 Å². The van der Waals surface area contributed by atoms with Crippen LogP contribution in [-0.4, -0.2) is 45.0 Å². The maximum absolute atomic E-state index is 10.9. The molecule has 0 radical (unpaired) electrons. The summed E-state index contributed by atoms with van der Waals surface area (Å²) >= 11 is -1.82. The molecule has 2 aromatic carbocycles. The zero-order chi connectivity index (χ0) is 17.9. The van der Waals surface area contributed by atoms with Crippen LogP contribution in [0.25, 0.3) is 22.2 Å². The largest absolute Gasteiger partial charge is 0.378 e. The maximum atomic E-state index is 10.9. The first kappa shape index (κ1) is 17.1. The molecule has 134 valence electrons. The van der Waals surface area contributed by atoms with Crippen LogP contribution in [0.3, 0.4) is 0 Å². The van der Waals surface area contributed by atoms with E-state index in [1.807, 2.05) is 48.7 Å². The Hall–Kier alpha value is -2.35.